The fraction of sp³-hybridized carbons (Fsp3) is 0.286. The molecule has 0 aromatic heterocycles. The van der Waals surface area contributed by atoms with Crippen LogP contribution in [0.2, 0.25) is 0 Å². The van der Waals surface area contributed by atoms with Crippen molar-refractivity contribution in [2.24, 2.45) is 0 Å². The summed E-state index contributed by atoms with van der Waals surface area (Å²) in [6, 6.07) is 14.1. The second-order valence-corrected chi connectivity index (χ2v) is 6.48. The SMILES string of the molecule is CC(=O)Nc1cccc(NC(=O)COC(=O)COc2ccc(C(C)C)cc2)c1. The fourth-order valence-electron chi connectivity index (χ4n) is 2.35. The summed E-state index contributed by atoms with van der Waals surface area (Å²) in [7, 11) is 0. The standard InChI is InChI=1S/C21H24N2O5/c1-14(2)16-7-9-19(10-8-16)27-13-21(26)28-12-20(25)23-18-6-4-5-17(11-18)22-15(3)24/h4-11,14H,12-13H2,1-3H3,(H,22,24)(H,23,25). The third-order valence-electron chi connectivity index (χ3n) is 3.73. The molecule has 2 N–H and O–H groups in total. The van der Waals surface area contributed by atoms with Gasteiger partial charge in [0.1, 0.15) is 5.75 Å². The molecule has 0 radical (unpaired) electrons. The number of carbonyl (C=O) groups excluding carboxylic acids is 3. The van der Waals surface area contributed by atoms with Crippen molar-refractivity contribution in [3.05, 3.63) is 54.1 Å². The largest absolute Gasteiger partial charge is 0.482 e. The van der Waals surface area contributed by atoms with Gasteiger partial charge in [-0.3, -0.25) is 9.59 Å². The topological polar surface area (TPSA) is 93.7 Å². The van der Waals surface area contributed by atoms with E-state index in [0.717, 1.165) is 0 Å². The molecule has 0 aliphatic heterocycles. The van der Waals surface area contributed by atoms with Crippen LogP contribution in [0.25, 0.3) is 0 Å². The molecule has 7 nitrogen and oxygen atoms in total. The zero-order valence-corrected chi connectivity index (χ0v) is 16.2. The number of anilines is 2. The van der Waals surface area contributed by atoms with Crippen molar-refractivity contribution < 1.29 is 23.9 Å². The van der Waals surface area contributed by atoms with Gasteiger partial charge >= 0.3 is 5.97 Å². The number of nitrogens with one attached hydrogen (secondary N) is 2. The molecule has 0 saturated carbocycles. The summed E-state index contributed by atoms with van der Waals surface area (Å²) in [4.78, 5) is 34.7. The summed E-state index contributed by atoms with van der Waals surface area (Å²) in [5.41, 5.74) is 2.21. The molecule has 0 bridgehead atoms. The maximum atomic E-state index is 11.9. The highest BCUT2D eigenvalue weighted by Gasteiger charge is 2.10. The Kier molecular flexibility index (Phi) is 7.56. The third kappa shape index (κ3) is 7.11. The van der Waals surface area contributed by atoms with Gasteiger partial charge in [0.2, 0.25) is 5.91 Å². The lowest BCUT2D eigenvalue weighted by Crippen LogP contribution is -2.23. The van der Waals surface area contributed by atoms with Crippen LogP contribution in [0.5, 0.6) is 5.75 Å². The maximum Gasteiger partial charge on any atom is 0.344 e. The molecular formula is C21H24N2O5. The van der Waals surface area contributed by atoms with E-state index in [4.69, 9.17) is 9.47 Å². The van der Waals surface area contributed by atoms with Gasteiger partial charge < -0.3 is 20.1 Å². The van der Waals surface area contributed by atoms with E-state index in [1.807, 2.05) is 12.1 Å². The second-order valence-electron chi connectivity index (χ2n) is 6.48. The van der Waals surface area contributed by atoms with Crippen molar-refractivity contribution in [3.8, 4) is 5.75 Å². The number of amides is 2. The molecule has 0 fully saturated rings. The molecule has 28 heavy (non-hydrogen) atoms. The number of ether oxygens (including phenoxy) is 2. The molecule has 0 spiro atoms. The molecule has 2 aromatic rings. The van der Waals surface area contributed by atoms with Gasteiger partial charge in [-0.25, -0.2) is 4.79 Å². The Morgan fingerprint density at radius 2 is 1.57 bits per heavy atom. The van der Waals surface area contributed by atoms with Crippen LogP contribution in [0.15, 0.2) is 48.5 Å². The van der Waals surface area contributed by atoms with E-state index in [1.165, 1.54) is 12.5 Å². The predicted octanol–water partition coefficient (Wildman–Crippen LogP) is 3.33. The molecule has 2 aromatic carbocycles. The molecule has 0 aliphatic carbocycles. The fourth-order valence-corrected chi connectivity index (χ4v) is 2.35. The van der Waals surface area contributed by atoms with Gasteiger partial charge in [-0.2, -0.15) is 0 Å². The zero-order chi connectivity index (χ0) is 20.5. The van der Waals surface area contributed by atoms with Gasteiger partial charge in [-0.1, -0.05) is 32.0 Å². The van der Waals surface area contributed by atoms with Crippen molar-refractivity contribution in [1.29, 1.82) is 0 Å². The lowest BCUT2D eigenvalue weighted by atomic mass is 10.0. The molecular weight excluding hydrogens is 360 g/mol. The van der Waals surface area contributed by atoms with Gasteiger partial charge in [-0.15, -0.1) is 0 Å². The van der Waals surface area contributed by atoms with E-state index in [2.05, 4.69) is 24.5 Å². The lowest BCUT2D eigenvalue weighted by Gasteiger charge is -2.10. The highest BCUT2D eigenvalue weighted by Crippen LogP contribution is 2.18. The summed E-state index contributed by atoms with van der Waals surface area (Å²) in [6.07, 6.45) is 0. The number of rotatable bonds is 8. The van der Waals surface area contributed by atoms with Gasteiger partial charge in [-0.05, 0) is 41.8 Å². The summed E-state index contributed by atoms with van der Waals surface area (Å²) >= 11 is 0. The number of carbonyl (C=O) groups is 3. The number of benzene rings is 2. The Bertz CT molecular complexity index is 831. The molecule has 148 valence electrons. The Labute approximate surface area is 164 Å². The van der Waals surface area contributed by atoms with Crippen LogP contribution in [0.1, 0.15) is 32.3 Å². The van der Waals surface area contributed by atoms with Gasteiger partial charge in [0.25, 0.3) is 5.91 Å². The van der Waals surface area contributed by atoms with E-state index in [9.17, 15) is 14.4 Å². The summed E-state index contributed by atoms with van der Waals surface area (Å²) in [6.45, 7) is 4.86. The lowest BCUT2D eigenvalue weighted by molar-refractivity contribution is -0.149. The van der Waals surface area contributed by atoms with Crippen molar-refractivity contribution >= 4 is 29.2 Å². The maximum absolute atomic E-state index is 11.9. The minimum atomic E-state index is -0.643. The van der Waals surface area contributed by atoms with Crippen molar-refractivity contribution in [3.63, 3.8) is 0 Å². The van der Waals surface area contributed by atoms with E-state index in [-0.39, 0.29) is 12.5 Å². The van der Waals surface area contributed by atoms with Gasteiger partial charge in [0.15, 0.2) is 13.2 Å². The van der Waals surface area contributed by atoms with Gasteiger partial charge in [0.05, 0.1) is 0 Å². The second kappa shape index (κ2) is 10.1. The highest BCUT2D eigenvalue weighted by atomic mass is 16.6. The predicted molar refractivity (Wildman–Crippen MR) is 106 cm³/mol. The van der Waals surface area contributed by atoms with Crippen LogP contribution in [0.4, 0.5) is 11.4 Å². The number of esters is 1. The Morgan fingerprint density at radius 1 is 0.929 bits per heavy atom. The van der Waals surface area contributed by atoms with E-state index in [0.29, 0.717) is 23.0 Å². The first-order valence-corrected chi connectivity index (χ1v) is 8.89. The zero-order valence-electron chi connectivity index (χ0n) is 16.2. The summed E-state index contributed by atoms with van der Waals surface area (Å²) in [5, 5.41) is 5.21. The van der Waals surface area contributed by atoms with Crippen LogP contribution in [0.3, 0.4) is 0 Å². The molecule has 0 unspecified atom stereocenters. The van der Waals surface area contributed by atoms with E-state index < -0.39 is 18.5 Å². The summed E-state index contributed by atoms with van der Waals surface area (Å²) < 4.78 is 10.3. The highest BCUT2D eigenvalue weighted by molar-refractivity contribution is 5.94. The molecule has 2 amide bonds. The van der Waals surface area contributed by atoms with E-state index >= 15 is 0 Å². The van der Waals surface area contributed by atoms with Crippen LogP contribution in [0, 0.1) is 0 Å². The average molecular weight is 384 g/mol. The van der Waals surface area contributed by atoms with Crippen LogP contribution >= 0.6 is 0 Å². The quantitative estimate of drug-likeness (QED) is 0.681. The van der Waals surface area contributed by atoms with Crippen LogP contribution in [-0.2, 0) is 19.1 Å². The Hall–Kier alpha value is -3.35. The Morgan fingerprint density at radius 3 is 2.18 bits per heavy atom. The third-order valence-corrected chi connectivity index (χ3v) is 3.73. The molecule has 2 rings (SSSR count). The number of hydrogen-bond acceptors (Lipinski definition) is 5. The molecule has 0 heterocycles. The average Bonchev–Trinajstić information content (AvgIpc) is 2.64. The minimum Gasteiger partial charge on any atom is -0.482 e. The van der Waals surface area contributed by atoms with Crippen molar-refractivity contribution in [2.45, 2.75) is 26.7 Å². The minimum absolute atomic E-state index is 0.212. The summed E-state index contributed by atoms with van der Waals surface area (Å²) in [5.74, 6) is -0.377. The van der Waals surface area contributed by atoms with Gasteiger partial charge in [0, 0.05) is 18.3 Å². The van der Waals surface area contributed by atoms with Crippen molar-refractivity contribution in [2.75, 3.05) is 23.8 Å². The molecule has 7 heteroatoms. The Balaban J connectivity index is 1.74. The first-order valence-electron chi connectivity index (χ1n) is 8.89. The molecule has 0 atom stereocenters. The molecule has 0 aliphatic rings. The normalized spacial score (nSPS) is 10.3. The smallest absolute Gasteiger partial charge is 0.344 e. The first-order chi connectivity index (χ1) is 13.3. The van der Waals surface area contributed by atoms with Crippen molar-refractivity contribution in [1.82, 2.24) is 0 Å². The monoisotopic (exact) mass is 384 g/mol. The number of hydrogen-bond donors (Lipinski definition) is 2. The first kappa shape index (κ1) is 21.0. The van der Waals surface area contributed by atoms with Crippen LogP contribution < -0.4 is 15.4 Å². The van der Waals surface area contributed by atoms with E-state index in [1.54, 1.807) is 36.4 Å². The van der Waals surface area contributed by atoms with Crippen LogP contribution in [-0.4, -0.2) is 31.0 Å². The molecule has 0 saturated heterocycles.